The Hall–Kier alpha value is -3.31. The zero-order valence-electron chi connectivity index (χ0n) is 22.5. The highest BCUT2D eigenvalue weighted by Gasteiger charge is 2.47. The van der Waals surface area contributed by atoms with E-state index in [1.54, 1.807) is 24.3 Å². The number of hydrogen-bond donors (Lipinski definition) is 7. The first kappa shape index (κ1) is 30.2. The Kier molecular flexibility index (Phi) is 8.71. The average molecular weight is 593 g/mol. The summed E-state index contributed by atoms with van der Waals surface area (Å²) < 4.78 is 32.8. The van der Waals surface area contributed by atoms with Gasteiger partial charge in [0, 0.05) is 12.1 Å². The van der Waals surface area contributed by atoms with E-state index in [-0.39, 0.29) is 22.3 Å². The largest absolute Gasteiger partial charge is 0.507 e. The van der Waals surface area contributed by atoms with Gasteiger partial charge in [-0.15, -0.1) is 0 Å². The van der Waals surface area contributed by atoms with E-state index in [1.165, 1.54) is 26.4 Å². The van der Waals surface area contributed by atoms with Crippen molar-refractivity contribution in [2.75, 3.05) is 13.7 Å². The van der Waals surface area contributed by atoms with E-state index in [2.05, 4.69) is 0 Å². The molecule has 0 spiro atoms. The maximum absolute atomic E-state index is 13.2. The predicted octanol–water partition coefficient (Wildman–Crippen LogP) is -0.795. The number of aliphatic hydroxyl groups is 6. The summed E-state index contributed by atoms with van der Waals surface area (Å²) in [6, 6.07) is 9.07. The molecule has 10 atom stereocenters. The summed E-state index contributed by atoms with van der Waals surface area (Å²) in [5, 5.41) is 71.9. The molecule has 2 aromatic carbocycles. The van der Waals surface area contributed by atoms with Crippen molar-refractivity contribution in [1.82, 2.24) is 0 Å². The van der Waals surface area contributed by atoms with Gasteiger partial charge < -0.3 is 63.8 Å². The lowest BCUT2D eigenvalue weighted by Gasteiger charge is -2.42. The normalized spacial score (nSPS) is 33.4. The minimum absolute atomic E-state index is 0.0312. The van der Waals surface area contributed by atoms with Gasteiger partial charge in [-0.05, 0) is 24.6 Å². The zero-order valence-corrected chi connectivity index (χ0v) is 22.5. The molecule has 1 aromatic heterocycles. The SMILES string of the molecule is COc1ccc(-c2coc3cc(O[C@@H]4O[C@@H](CO[C@@H]5O[C@H](C)[C@H](O)[C@H](O)[C@@H]5O)[C@H](O)[C@H](O)[C@@H]4O)cc(O)c3c2=O)cc1. The summed E-state index contributed by atoms with van der Waals surface area (Å²) in [6.45, 7) is 0.987. The van der Waals surface area contributed by atoms with Gasteiger partial charge in [0.15, 0.2) is 6.29 Å². The first-order chi connectivity index (χ1) is 20.0. The molecule has 3 heterocycles. The summed E-state index contributed by atoms with van der Waals surface area (Å²) in [5.41, 5.74) is 0.200. The quantitative estimate of drug-likeness (QED) is 0.179. The minimum Gasteiger partial charge on any atom is -0.507 e. The molecule has 5 rings (SSSR count). The van der Waals surface area contributed by atoms with Crippen LogP contribution in [0.15, 0.2) is 51.9 Å². The van der Waals surface area contributed by atoms with Gasteiger partial charge in [0.1, 0.15) is 77.2 Å². The molecule has 3 aromatic rings. The lowest BCUT2D eigenvalue weighted by atomic mass is 9.98. The monoisotopic (exact) mass is 592 g/mol. The molecule has 7 N–H and O–H groups in total. The van der Waals surface area contributed by atoms with E-state index in [9.17, 15) is 40.5 Å². The Morgan fingerprint density at radius 2 is 1.48 bits per heavy atom. The average Bonchev–Trinajstić information content (AvgIpc) is 2.98. The van der Waals surface area contributed by atoms with E-state index in [0.29, 0.717) is 11.3 Å². The topological polar surface area (TPSA) is 218 Å². The second kappa shape index (κ2) is 12.1. The van der Waals surface area contributed by atoms with Crippen LogP contribution in [0, 0.1) is 0 Å². The lowest BCUT2D eigenvalue weighted by Crippen LogP contribution is -2.61. The maximum atomic E-state index is 13.2. The van der Waals surface area contributed by atoms with Crippen LogP contribution >= 0.6 is 0 Å². The Morgan fingerprint density at radius 3 is 2.17 bits per heavy atom. The van der Waals surface area contributed by atoms with Gasteiger partial charge >= 0.3 is 0 Å². The van der Waals surface area contributed by atoms with Gasteiger partial charge in [-0.2, -0.15) is 0 Å². The smallest absolute Gasteiger partial charge is 0.229 e. The number of methoxy groups -OCH3 is 1. The number of phenolic OH excluding ortho intramolecular Hbond substituents is 1. The summed E-state index contributed by atoms with van der Waals surface area (Å²) >= 11 is 0. The summed E-state index contributed by atoms with van der Waals surface area (Å²) in [6.07, 6.45) is -13.6. The molecule has 42 heavy (non-hydrogen) atoms. The van der Waals surface area contributed by atoms with Gasteiger partial charge in [-0.3, -0.25) is 4.79 Å². The van der Waals surface area contributed by atoms with Gasteiger partial charge in [0.25, 0.3) is 0 Å². The van der Waals surface area contributed by atoms with Crippen LogP contribution in [0.4, 0.5) is 0 Å². The second-order valence-electron chi connectivity index (χ2n) is 10.2. The van der Waals surface area contributed by atoms with Crippen LogP contribution in [-0.2, 0) is 14.2 Å². The molecular formula is C28H32O14. The summed E-state index contributed by atoms with van der Waals surface area (Å²) in [4.78, 5) is 13.2. The summed E-state index contributed by atoms with van der Waals surface area (Å²) in [5.74, 6) is 0.0283. The molecule has 228 valence electrons. The van der Waals surface area contributed by atoms with Crippen LogP contribution in [0.3, 0.4) is 0 Å². The third-order valence-electron chi connectivity index (χ3n) is 7.39. The number of ether oxygens (including phenoxy) is 5. The van der Waals surface area contributed by atoms with E-state index in [4.69, 9.17) is 28.1 Å². The molecule has 0 aliphatic carbocycles. The fraction of sp³-hybridized carbons (Fsp3) is 0.464. The first-order valence-corrected chi connectivity index (χ1v) is 13.1. The Morgan fingerprint density at radius 1 is 0.810 bits per heavy atom. The minimum atomic E-state index is -1.75. The van der Waals surface area contributed by atoms with E-state index >= 15 is 0 Å². The van der Waals surface area contributed by atoms with Crippen LogP contribution in [0.5, 0.6) is 17.2 Å². The number of rotatable bonds is 7. The molecule has 0 unspecified atom stereocenters. The third-order valence-corrected chi connectivity index (χ3v) is 7.39. The van der Waals surface area contributed by atoms with Crippen LogP contribution in [0.1, 0.15) is 6.92 Å². The zero-order chi connectivity index (χ0) is 30.3. The standard InChI is InChI=1S/C28H32O14/c1-11-20(30)23(33)25(35)27(40-11)39-10-18-22(32)24(34)26(36)28(42-18)41-14-7-16(29)19-17(8-14)38-9-15(21(19)31)12-3-5-13(37-2)6-4-12/h3-9,11,18,20,22-30,32-36H,10H2,1-2H3/t11-,18+,20+,22+,23+,24+,25+,26+,27-,28-/m1/s1. The van der Waals surface area contributed by atoms with Crippen molar-refractivity contribution in [2.24, 2.45) is 0 Å². The third kappa shape index (κ3) is 5.68. The van der Waals surface area contributed by atoms with Crippen LogP contribution in [0.25, 0.3) is 22.1 Å². The molecule has 14 heteroatoms. The van der Waals surface area contributed by atoms with Gasteiger partial charge in [0.2, 0.25) is 11.7 Å². The molecular weight excluding hydrogens is 560 g/mol. The van der Waals surface area contributed by atoms with Crippen molar-refractivity contribution in [2.45, 2.75) is 68.3 Å². The number of aromatic hydroxyl groups is 1. The number of aliphatic hydroxyl groups excluding tert-OH is 6. The molecule has 0 saturated carbocycles. The van der Waals surface area contributed by atoms with Crippen LogP contribution in [0.2, 0.25) is 0 Å². The lowest BCUT2D eigenvalue weighted by molar-refractivity contribution is -0.318. The van der Waals surface area contributed by atoms with Gasteiger partial charge in [-0.1, -0.05) is 12.1 Å². The Bertz CT molecular complexity index is 1440. The number of hydrogen-bond acceptors (Lipinski definition) is 14. The van der Waals surface area contributed by atoms with Gasteiger partial charge in [0.05, 0.1) is 25.4 Å². The van der Waals surface area contributed by atoms with Crippen molar-refractivity contribution in [1.29, 1.82) is 0 Å². The first-order valence-electron chi connectivity index (χ1n) is 13.1. The van der Waals surface area contributed by atoms with Gasteiger partial charge in [-0.25, -0.2) is 0 Å². The summed E-state index contributed by atoms with van der Waals surface area (Å²) in [7, 11) is 1.52. The predicted molar refractivity (Wildman–Crippen MR) is 142 cm³/mol. The van der Waals surface area contributed by atoms with E-state index in [0.717, 1.165) is 6.07 Å². The van der Waals surface area contributed by atoms with Crippen LogP contribution in [-0.4, -0.2) is 111 Å². The van der Waals surface area contributed by atoms with E-state index in [1.807, 2.05) is 0 Å². The molecule has 0 amide bonds. The fourth-order valence-corrected chi connectivity index (χ4v) is 4.87. The molecule has 14 nitrogen and oxygen atoms in total. The number of benzene rings is 2. The fourth-order valence-electron chi connectivity index (χ4n) is 4.87. The number of phenols is 1. The van der Waals surface area contributed by atoms with Crippen molar-refractivity contribution in [3.63, 3.8) is 0 Å². The van der Waals surface area contributed by atoms with Crippen molar-refractivity contribution in [3.8, 4) is 28.4 Å². The molecule has 0 bridgehead atoms. The molecule has 0 radical (unpaired) electrons. The van der Waals surface area contributed by atoms with Crippen molar-refractivity contribution in [3.05, 3.63) is 52.9 Å². The van der Waals surface area contributed by atoms with Crippen molar-refractivity contribution < 1.29 is 63.8 Å². The molecule has 2 saturated heterocycles. The van der Waals surface area contributed by atoms with E-state index < -0.39 is 79.2 Å². The highest BCUT2D eigenvalue weighted by atomic mass is 16.7. The highest BCUT2D eigenvalue weighted by molar-refractivity contribution is 5.88. The second-order valence-corrected chi connectivity index (χ2v) is 10.2. The van der Waals surface area contributed by atoms with Crippen molar-refractivity contribution >= 4 is 11.0 Å². The molecule has 2 aliphatic rings. The molecule has 2 fully saturated rings. The number of fused-ring (bicyclic) bond motifs is 1. The maximum Gasteiger partial charge on any atom is 0.229 e. The molecule has 2 aliphatic heterocycles. The Labute approximate surface area is 238 Å². The van der Waals surface area contributed by atoms with Crippen LogP contribution < -0.4 is 14.9 Å². The highest BCUT2D eigenvalue weighted by Crippen LogP contribution is 2.33. The Balaban J connectivity index is 1.33.